The van der Waals surface area contributed by atoms with E-state index in [1.54, 1.807) is 50.3 Å². The summed E-state index contributed by atoms with van der Waals surface area (Å²) in [6.45, 7) is 1.77. The predicted molar refractivity (Wildman–Crippen MR) is 84.4 cm³/mol. The molecule has 0 saturated carbocycles. The predicted octanol–water partition coefficient (Wildman–Crippen LogP) is 2.62. The van der Waals surface area contributed by atoms with E-state index in [-0.39, 0.29) is 11.6 Å². The Balaban J connectivity index is 2.34. The van der Waals surface area contributed by atoms with Crippen molar-refractivity contribution in [1.29, 1.82) is 0 Å². The molecule has 0 bridgehead atoms. The molecule has 0 aliphatic rings. The number of aryl methyl sites for hydroxylation is 1. The topological polar surface area (TPSA) is 88.4 Å². The van der Waals surface area contributed by atoms with E-state index >= 15 is 0 Å². The number of benzene rings is 1. The molecule has 0 aliphatic carbocycles. The van der Waals surface area contributed by atoms with Crippen LogP contribution in [-0.4, -0.2) is 29.9 Å². The summed E-state index contributed by atoms with van der Waals surface area (Å²) in [4.78, 5) is 28.7. The lowest BCUT2D eigenvalue weighted by molar-refractivity contribution is -0.384. The van der Waals surface area contributed by atoms with Crippen LogP contribution < -0.4 is 10.2 Å². The Morgan fingerprint density at radius 1 is 1.32 bits per heavy atom. The van der Waals surface area contributed by atoms with Gasteiger partial charge in [-0.05, 0) is 24.6 Å². The lowest BCUT2D eigenvalue weighted by atomic mass is 10.1. The fourth-order valence-corrected chi connectivity index (χ4v) is 1.98. The summed E-state index contributed by atoms with van der Waals surface area (Å²) in [5.41, 5.74) is 1.49. The highest BCUT2D eigenvalue weighted by Gasteiger charge is 2.16. The largest absolute Gasteiger partial charge is 0.362 e. The number of nitro groups is 1. The molecule has 0 spiro atoms. The minimum atomic E-state index is -0.496. The summed E-state index contributed by atoms with van der Waals surface area (Å²) in [5, 5.41) is 13.5. The minimum absolute atomic E-state index is 0.0695. The van der Waals surface area contributed by atoms with Crippen LogP contribution >= 0.6 is 0 Å². The molecule has 114 valence electrons. The number of pyridine rings is 1. The molecule has 0 atom stereocenters. The first-order valence-electron chi connectivity index (χ1n) is 6.59. The number of carbonyl (C=O) groups is 1. The number of aromatic nitrogens is 1. The van der Waals surface area contributed by atoms with E-state index in [2.05, 4.69) is 10.3 Å². The first kappa shape index (κ1) is 15.4. The lowest BCUT2D eigenvalue weighted by Crippen LogP contribution is -2.20. The number of nitro benzene ring substituents is 1. The second-order valence-corrected chi connectivity index (χ2v) is 4.98. The highest BCUT2D eigenvalue weighted by Crippen LogP contribution is 2.23. The smallest absolute Gasteiger partial charge is 0.271 e. The highest BCUT2D eigenvalue weighted by atomic mass is 16.6. The summed E-state index contributed by atoms with van der Waals surface area (Å²) in [6.07, 6.45) is 1.60. The number of nitrogens with zero attached hydrogens (tertiary/aromatic N) is 3. The van der Waals surface area contributed by atoms with Crippen molar-refractivity contribution in [2.75, 3.05) is 24.3 Å². The first-order chi connectivity index (χ1) is 10.4. The quantitative estimate of drug-likeness (QED) is 0.692. The minimum Gasteiger partial charge on any atom is -0.362 e. The van der Waals surface area contributed by atoms with Crippen molar-refractivity contribution in [2.24, 2.45) is 0 Å². The molecule has 1 aromatic heterocycles. The Bertz CT molecular complexity index is 728. The normalized spacial score (nSPS) is 10.1. The number of hydrogen-bond donors (Lipinski definition) is 1. The SMILES string of the molecule is Cc1ccc([N+](=O)[O-])cc1NC(=O)c1cccnc1N(C)C. The third-order valence-corrected chi connectivity index (χ3v) is 3.14. The number of carbonyl (C=O) groups excluding carboxylic acids is 1. The molecule has 1 N–H and O–H groups in total. The monoisotopic (exact) mass is 300 g/mol. The molecule has 2 aromatic rings. The van der Waals surface area contributed by atoms with Crippen molar-refractivity contribution in [1.82, 2.24) is 4.98 Å². The highest BCUT2D eigenvalue weighted by molar-refractivity contribution is 6.07. The van der Waals surface area contributed by atoms with E-state index in [1.807, 2.05) is 0 Å². The number of amides is 1. The third-order valence-electron chi connectivity index (χ3n) is 3.14. The van der Waals surface area contributed by atoms with Gasteiger partial charge in [0, 0.05) is 32.4 Å². The molecule has 1 aromatic carbocycles. The lowest BCUT2D eigenvalue weighted by Gasteiger charge is -2.16. The number of non-ortho nitro benzene ring substituents is 1. The van der Waals surface area contributed by atoms with Crippen LogP contribution in [0.4, 0.5) is 17.2 Å². The molecule has 1 amide bonds. The van der Waals surface area contributed by atoms with Crippen molar-refractivity contribution >= 4 is 23.1 Å². The van der Waals surface area contributed by atoms with E-state index in [9.17, 15) is 14.9 Å². The number of nitrogens with one attached hydrogen (secondary N) is 1. The Kier molecular flexibility index (Phi) is 4.36. The van der Waals surface area contributed by atoms with Crippen LogP contribution in [0.3, 0.4) is 0 Å². The summed E-state index contributed by atoms with van der Waals surface area (Å²) in [5.74, 6) is 0.170. The fourth-order valence-electron chi connectivity index (χ4n) is 1.98. The van der Waals surface area contributed by atoms with Gasteiger partial charge in [0.15, 0.2) is 0 Å². The van der Waals surface area contributed by atoms with Gasteiger partial charge >= 0.3 is 0 Å². The van der Waals surface area contributed by atoms with Crippen molar-refractivity contribution in [3.8, 4) is 0 Å². The van der Waals surface area contributed by atoms with Crippen LogP contribution in [0, 0.1) is 17.0 Å². The molecule has 7 heteroatoms. The summed E-state index contributed by atoms with van der Waals surface area (Å²) >= 11 is 0. The van der Waals surface area contributed by atoms with Gasteiger partial charge in [-0.1, -0.05) is 6.07 Å². The van der Waals surface area contributed by atoms with Crippen LogP contribution in [-0.2, 0) is 0 Å². The van der Waals surface area contributed by atoms with Gasteiger partial charge in [-0.25, -0.2) is 4.98 Å². The molecular weight excluding hydrogens is 284 g/mol. The van der Waals surface area contributed by atoms with Gasteiger partial charge < -0.3 is 10.2 Å². The van der Waals surface area contributed by atoms with Gasteiger partial charge in [0.1, 0.15) is 5.82 Å². The fraction of sp³-hybridized carbons (Fsp3) is 0.200. The maximum absolute atomic E-state index is 12.4. The van der Waals surface area contributed by atoms with Crippen LogP contribution in [0.25, 0.3) is 0 Å². The number of anilines is 2. The Morgan fingerprint density at radius 2 is 2.05 bits per heavy atom. The summed E-state index contributed by atoms with van der Waals surface area (Å²) in [7, 11) is 3.58. The van der Waals surface area contributed by atoms with E-state index in [1.165, 1.54) is 12.1 Å². The zero-order chi connectivity index (χ0) is 16.3. The molecule has 0 radical (unpaired) electrons. The maximum atomic E-state index is 12.4. The van der Waals surface area contributed by atoms with Gasteiger partial charge in [-0.2, -0.15) is 0 Å². The second-order valence-electron chi connectivity index (χ2n) is 4.98. The van der Waals surface area contributed by atoms with Gasteiger partial charge in [0.05, 0.1) is 16.2 Å². The molecule has 2 rings (SSSR count). The van der Waals surface area contributed by atoms with E-state index in [0.29, 0.717) is 17.1 Å². The molecule has 0 fully saturated rings. The van der Waals surface area contributed by atoms with Gasteiger partial charge in [-0.15, -0.1) is 0 Å². The maximum Gasteiger partial charge on any atom is 0.271 e. The molecule has 7 nitrogen and oxygen atoms in total. The van der Waals surface area contributed by atoms with Gasteiger partial charge in [-0.3, -0.25) is 14.9 Å². The Hall–Kier alpha value is -2.96. The second kappa shape index (κ2) is 6.21. The number of hydrogen-bond acceptors (Lipinski definition) is 5. The summed E-state index contributed by atoms with van der Waals surface area (Å²) in [6, 6.07) is 7.68. The van der Waals surface area contributed by atoms with Gasteiger partial charge in [0.2, 0.25) is 0 Å². The molecule has 22 heavy (non-hydrogen) atoms. The third kappa shape index (κ3) is 3.20. The zero-order valence-corrected chi connectivity index (χ0v) is 12.5. The van der Waals surface area contributed by atoms with Crippen molar-refractivity contribution < 1.29 is 9.72 Å². The van der Waals surface area contributed by atoms with Crippen molar-refractivity contribution in [2.45, 2.75) is 6.92 Å². The molecular formula is C15H16N4O3. The molecule has 0 aliphatic heterocycles. The van der Waals surface area contributed by atoms with Crippen LogP contribution in [0.2, 0.25) is 0 Å². The molecule has 0 unspecified atom stereocenters. The Morgan fingerprint density at radius 3 is 2.68 bits per heavy atom. The zero-order valence-electron chi connectivity index (χ0n) is 12.5. The summed E-state index contributed by atoms with van der Waals surface area (Å²) < 4.78 is 0. The molecule has 1 heterocycles. The van der Waals surface area contributed by atoms with Gasteiger partial charge in [0.25, 0.3) is 11.6 Å². The van der Waals surface area contributed by atoms with Crippen molar-refractivity contribution in [3.63, 3.8) is 0 Å². The average Bonchev–Trinajstić information content (AvgIpc) is 2.49. The Labute approximate surface area is 127 Å². The van der Waals surface area contributed by atoms with Crippen molar-refractivity contribution in [3.05, 3.63) is 57.8 Å². The number of rotatable bonds is 4. The van der Waals surface area contributed by atoms with Crippen LogP contribution in [0.1, 0.15) is 15.9 Å². The average molecular weight is 300 g/mol. The van der Waals surface area contributed by atoms with Crippen LogP contribution in [0.15, 0.2) is 36.5 Å². The van der Waals surface area contributed by atoms with E-state index in [4.69, 9.17) is 0 Å². The van der Waals surface area contributed by atoms with Crippen LogP contribution in [0.5, 0.6) is 0 Å². The molecule has 0 saturated heterocycles. The first-order valence-corrected chi connectivity index (χ1v) is 6.59. The van der Waals surface area contributed by atoms with E-state index < -0.39 is 4.92 Å². The standard InChI is InChI=1S/C15H16N4O3/c1-10-6-7-11(19(21)22)9-13(10)17-15(20)12-5-4-8-16-14(12)18(2)3/h4-9H,1-3H3,(H,17,20). The van der Waals surface area contributed by atoms with E-state index in [0.717, 1.165) is 5.56 Å².